The molecule has 0 radical (unpaired) electrons. The van der Waals surface area contributed by atoms with Crippen LogP contribution in [0, 0.1) is 10.1 Å². The van der Waals surface area contributed by atoms with Crippen molar-refractivity contribution in [1.29, 1.82) is 0 Å². The van der Waals surface area contributed by atoms with Crippen molar-refractivity contribution in [2.75, 3.05) is 11.9 Å². The molecule has 0 aliphatic rings. The van der Waals surface area contributed by atoms with E-state index in [9.17, 15) is 19.7 Å². The number of rotatable bonds is 6. The minimum absolute atomic E-state index is 0.00335. The molecule has 0 bridgehead atoms. The molecule has 11 heteroatoms. The zero-order valence-corrected chi connectivity index (χ0v) is 17.9. The quantitative estimate of drug-likeness (QED) is 0.253. The van der Waals surface area contributed by atoms with Gasteiger partial charge in [0.15, 0.2) is 11.6 Å². The Bertz CT molecular complexity index is 1400. The van der Waals surface area contributed by atoms with E-state index in [2.05, 4.69) is 15.4 Å². The number of para-hydroxylation sites is 1. The molecule has 0 unspecified atom stereocenters. The first-order valence-electron chi connectivity index (χ1n) is 9.75. The van der Waals surface area contributed by atoms with Gasteiger partial charge >= 0.3 is 5.97 Å². The van der Waals surface area contributed by atoms with Crippen molar-refractivity contribution in [3.8, 4) is 5.82 Å². The summed E-state index contributed by atoms with van der Waals surface area (Å²) in [7, 11) is 0. The molecule has 0 fully saturated rings. The van der Waals surface area contributed by atoms with Gasteiger partial charge in [-0.25, -0.2) is 9.78 Å². The van der Waals surface area contributed by atoms with Gasteiger partial charge in [0.05, 0.1) is 23.2 Å². The maximum atomic E-state index is 12.9. The Morgan fingerprint density at radius 1 is 1.18 bits per heavy atom. The molecule has 166 valence electrons. The highest BCUT2D eigenvalue weighted by Gasteiger charge is 2.24. The predicted molar refractivity (Wildman–Crippen MR) is 121 cm³/mol. The highest BCUT2D eigenvalue weighted by molar-refractivity contribution is 6.32. The van der Waals surface area contributed by atoms with E-state index in [0.717, 1.165) is 11.5 Å². The maximum absolute atomic E-state index is 12.9. The number of fused-ring (bicyclic) bond motifs is 1. The Hall–Kier alpha value is -4.31. The first kappa shape index (κ1) is 21.9. The van der Waals surface area contributed by atoms with Crippen molar-refractivity contribution < 1.29 is 19.2 Å². The lowest BCUT2D eigenvalue weighted by Gasteiger charge is -2.11. The molecule has 0 aliphatic carbocycles. The summed E-state index contributed by atoms with van der Waals surface area (Å²) in [6, 6.07) is 14.6. The van der Waals surface area contributed by atoms with Gasteiger partial charge in [-0.3, -0.25) is 14.9 Å². The Morgan fingerprint density at radius 2 is 1.97 bits per heavy atom. The highest BCUT2D eigenvalue weighted by Crippen LogP contribution is 2.27. The van der Waals surface area contributed by atoms with E-state index in [0.29, 0.717) is 11.3 Å². The lowest BCUT2D eigenvalue weighted by molar-refractivity contribution is -0.384. The molecular weight excluding hydrogens is 450 g/mol. The van der Waals surface area contributed by atoms with Gasteiger partial charge in [-0.15, -0.1) is 0 Å². The zero-order chi connectivity index (χ0) is 23.5. The first-order chi connectivity index (χ1) is 15.9. The molecule has 0 saturated carbocycles. The fourth-order valence-corrected chi connectivity index (χ4v) is 3.33. The Labute approximate surface area is 191 Å². The number of amides is 1. The number of nitrogens with one attached hydrogen (secondary N) is 1. The van der Waals surface area contributed by atoms with Crippen LogP contribution in [0.5, 0.6) is 0 Å². The smallest absolute Gasteiger partial charge is 0.343 e. The molecule has 0 aliphatic heterocycles. The second-order valence-corrected chi connectivity index (χ2v) is 7.19. The van der Waals surface area contributed by atoms with Gasteiger partial charge in [0.25, 0.3) is 11.6 Å². The molecule has 4 rings (SSSR count). The van der Waals surface area contributed by atoms with Gasteiger partial charge < -0.3 is 10.1 Å². The topological polar surface area (TPSA) is 129 Å². The molecular formula is C22H16ClN5O5. The van der Waals surface area contributed by atoms with E-state index >= 15 is 0 Å². The van der Waals surface area contributed by atoms with Gasteiger partial charge in [-0.05, 0) is 37.3 Å². The van der Waals surface area contributed by atoms with Gasteiger partial charge in [0.2, 0.25) is 0 Å². The average Bonchev–Trinajstić information content (AvgIpc) is 3.22. The standard InChI is InChI=1S/C22H16ClN5O5/c1-2-33-22(30)15-12-24-27(19-10-8-13-5-3-4-6-17(13)25-19)20(15)26-21(29)14-7-9-16(23)18(11-14)28(31)32/h3-12H,2H2,1H3,(H,26,29). The number of pyridine rings is 1. The summed E-state index contributed by atoms with van der Waals surface area (Å²) in [5, 5.41) is 18.8. The molecule has 1 amide bonds. The fraction of sp³-hybridized carbons (Fsp3) is 0.0909. The van der Waals surface area contributed by atoms with Crippen molar-refractivity contribution in [2.45, 2.75) is 6.92 Å². The second-order valence-electron chi connectivity index (χ2n) is 6.78. The van der Waals surface area contributed by atoms with Crippen molar-refractivity contribution in [1.82, 2.24) is 14.8 Å². The van der Waals surface area contributed by atoms with Crippen LogP contribution in [-0.4, -0.2) is 38.2 Å². The molecule has 2 heterocycles. The lowest BCUT2D eigenvalue weighted by atomic mass is 10.2. The Balaban J connectivity index is 1.77. The van der Waals surface area contributed by atoms with E-state index < -0.39 is 22.5 Å². The number of benzene rings is 2. The SMILES string of the molecule is CCOC(=O)c1cnn(-c2ccc3ccccc3n2)c1NC(=O)c1ccc(Cl)c([N+](=O)[O-])c1. The first-order valence-corrected chi connectivity index (χ1v) is 10.1. The van der Waals surface area contributed by atoms with Crippen LogP contribution in [0.15, 0.2) is 60.8 Å². The van der Waals surface area contributed by atoms with E-state index in [1.807, 2.05) is 30.3 Å². The van der Waals surface area contributed by atoms with Crippen molar-refractivity contribution in [3.05, 3.63) is 87.1 Å². The Kier molecular flexibility index (Phi) is 6.01. The van der Waals surface area contributed by atoms with Gasteiger partial charge in [-0.2, -0.15) is 9.78 Å². The highest BCUT2D eigenvalue weighted by atomic mass is 35.5. The second kappa shape index (κ2) is 9.05. The van der Waals surface area contributed by atoms with E-state index in [1.165, 1.54) is 23.0 Å². The number of nitrogens with zero attached hydrogens (tertiary/aromatic N) is 4. The summed E-state index contributed by atoms with van der Waals surface area (Å²) < 4.78 is 6.36. The van der Waals surface area contributed by atoms with Crippen molar-refractivity contribution in [2.24, 2.45) is 0 Å². The number of anilines is 1. The summed E-state index contributed by atoms with van der Waals surface area (Å²) in [5.41, 5.74) is 0.247. The molecule has 0 saturated heterocycles. The van der Waals surface area contributed by atoms with Gasteiger partial charge in [-0.1, -0.05) is 29.8 Å². The number of hydrogen-bond donors (Lipinski definition) is 1. The zero-order valence-electron chi connectivity index (χ0n) is 17.2. The van der Waals surface area contributed by atoms with Crippen LogP contribution in [0.2, 0.25) is 5.02 Å². The summed E-state index contributed by atoms with van der Waals surface area (Å²) in [6.07, 6.45) is 1.26. The van der Waals surface area contributed by atoms with Gasteiger partial charge in [0, 0.05) is 17.0 Å². The van der Waals surface area contributed by atoms with Crippen LogP contribution in [0.25, 0.3) is 16.7 Å². The minimum Gasteiger partial charge on any atom is -0.462 e. The van der Waals surface area contributed by atoms with Crippen molar-refractivity contribution in [3.63, 3.8) is 0 Å². The van der Waals surface area contributed by atoms with E-state index in [-0.39, 0.29) is 28.6 Å². The third kappa shape index (κ3) is 4.37. The fourth-order valence-electron chi connectivity index (χ4n) is 3.15. The van der Waals surface area contributed by atoms with Crippen LogP contribution < -0.4 is 5.32 Å². The Morgan fingerprint density at radius 3 is 2.73 bits per heavy atom. The molecule has 2 aromatic carbocycles. The molecule has 4 aromatic rings. The number of esters is 1. The number of aromatic nitrogens is 3. The maximum Gasteiger partial charge on any atom is 0.343 e. The van der Waals surface area contributed by atoms with Crippen LogP contribution in [0.4, 0.5) is 11.5 Å². The van der Waals surface area contributed by atoms with Gasteiger partial charge in [0.1, 0.15) is 10.6 Å². The van der Waals surface area contributed by atoms with E-state index in [4.69, 9.17) is 16.3 Å². The van der Waals surface area contributed by atoms with Crippen molar-refractivity contribution >= 4 is 45.9 Å². The molecule has 33 heavy (non-hydrogen) atoms. The monoisotopic (exact) mass is 465 g/mol. The third-order valence-corrected chi connectivity index (χ3v) is 5.02. The average molecular weight is 466 g/mol. The minimum atomic E-state index is -0.706. The molecule has 0 atom stereocenters. The molecule has 1 N–H and O–H groups in total. The number of halogens is 1. The third-order valence-electron chi connectivity index (χ3n) is 4.70. The summed E-state index contributed by atoms with van der Waals surface area (Å²) in [5.74, 6) is -1.04. The summed E-state index contributed by atoms with van der Waals surface area (Å²) >= 11 is 5.84. The number of carbonyl (C=O) groups excluding carboxylic acids is 2. The molecule has 0 spiro atoms. The summed E-state index contributed by atoms with van der Waals surface area (Å²) in [4.78, 5) is 40.4. The number of carbonyl (C=O) groups is 2. The van der Waals surface area contributed by atoms with Crippen LogP contribution in [0.3, 0.4) is 0 Å². The molecule has 2 aromatic heterocycles. The summed E-state index contributed by atoms with van der Waals surface area (Å²) in [6.45, 7) is 1.77. The number of ether oxygens (including phenoxy) is 1. The normalized spacial score (nSPS) is 10.7. The number of nitro groups is 1. The number of hydrogen-bond acceptors (Lipinski definition) is 7. The predicted octanol–water partition coefficient (Wildman–Crippen LogP) is 4.41. The van der Waals surface area contributed by atoms with Crippen LogP contribution in [0.1, 0.15) is 27.6 Å². The van der Waals surface area contributed by atoms with Crippen LogP contribution >= 0.6 is 11.6 Å². The van der Waals surface area contributed by atoms with Crippen LogP contribution in [-0.2, 0) is 4.74 Å². The number of nitro benzene ring substituents is 1. The lowest BCUT2D eigenvalue weighted by Crippen LogP contribution is -2.18. The molecule has 10 nitrogen and oxygen atoms in total. The van der Waals surface area contributed by atoms with E-state index in [1.54, 1.807) is 13.0 Å². The largest absolute Gasteiger partial charge is 0.462 e.